The molecule has 1 aliphatic heterocycles. The summed E-state index contributed by atoms with van der Waals surface area (Å²) in [5.41, 5.74) is 2.00. The fourth-order valence-corrected chi connectivity index (χ4v) is 2.99. The molecule has 2 unspecified atom stereocenters. The van der Waals surface area contributed by atoms with Gasteiger partial charge in [-0.1, -0.05) is 60.7 Å². The number of rotatable bonds is 8. The number of nitrogens with one attached hydrogen (secondary N) is 1. The van der Waals surface area contributed by atoms with E-state index in [0.29, 0.717) is 0 Å². The number of aliphatic hydroxyl groups excluding tert-OH is 2. The van der Waals surface area contributed by atoms with Gasteiger partial charge in [0.05, 0.1) is 13.2 Å². The molecular formula is C22H25NO6. The molecule has 1 heterocycles. The normalized spacial score (nSPS) is 21.4. The molecule has 0 saturated carbocycles. The molecular weight excluding hydrogens is 374 g/mol. The van der Waals surface area contributed by atoms with E-state index in [1.165, 1.54) is 6.92 Å². The lowest BCUT2D eigenvalue weighted by molar-refractivity contribution is -0.155. The van der Waals surface area contributed by atoms with E-state index in [-0.39, 0.29) is 30.8 Å². The lowest BCUT2D eigenvalue weighted by Gasteiger charge is -2.36. The van der Waals surface area contributed by atoms with Crippen molar-refractivity contribution >= 4 is 5.91 Å². The molecule has 7 nitrogen and oxygen atoms in total. The topological polar surface area (TPSA) is 97.3 Å². The average molecular weight is 399 g/mol. The first kappa shape index (κ1) is 20.9. The predicted octanol–water partition coefficient (Wildman–Crippen LogP) is 1.85. The van der Waals surface area contributed by atoms with Crippen molar-refractivity contribution < 1.29 is 29.2 Å². The van der Waals surface area contributed by atoms with E-state index in [1.807, 2.05) is 60.7 Å². The molecule has 2 aromatic carbocycles. The van der Waals surface area contributed by atoms with Gasteiger partial charge in [0.1, 0.15) is 24.5 Å². The van der Waals surface area contributed by atoms with E-state index in [0.717, 1.165) is 11.1 Å². The van der Waals surface area contributed by atoms with Gasteiger partial charge in [0.25, 0.3) is 0 Å². The Morgan fingerprint density at radius 2 is 1.62 bits per heavy atom. The molecule has 1 aliphatic rings. The lowest BCUT2D eigenvalue weighted by atomic mass is 10.0. The van der Waals surface area contributed by atoms with Gasteiger partial charge in [0.2, 0.25) is 5.91 Å². The van der Waals surface area contributed by atoms with Crippen molar-refractivity contribution in [2.45, 2.75) is 38.4 Å². The first-order valence-electron chi connectivity index (χ1n) is 9.38. The molecule has 0 fully saturated rings. The Morgan fingerprint density at radius 1 is 1.03 bits per heavy atom. The Hall–Kier alpha value is -2.87. The molecule has 2 aromatic rings. The first-order valence-corrected chi connectivity index (χ1v) is 9.38. The summed E-state index contributed by atoms with van der Waals surface area (Å²) < 4.78 is 17.3. The zero-order chi connectivity index (χ0) is 20.6. The summed E-state index contributed by atoms with van der Waals surface area (Å²) in [5.74, 6) is -0.334. The molecule has 0 radical (unpaired) electrons. The largest absolute Gasteiger partial charge is 0.459 e. The molecule has 29 heavy (non-hydrogen) atoms. The van der Waals surface area contributed by atoms with Crippen LogP contribution < -0.4 is 5.32 Å². The number of carbonyl (C=O) groups is 1. The number of benzene rings is 2. The smallest absolute Gasteiger partial charge is 0.303 e. The fraction of sp³-hybridized carbons (Fsp3) is 0.318. The standard InChI is InChI=1S/C22H25NO6/c1-15(25)23-19-21(27-13-16-8-4-2-5-9-16)20(26)18(12-24)29-22(19)28-14-17-10-6-3-7-11-17/h2-11,18,20-21,24,26H,12-14H2,1H3,(H,23,25)/t18?,20-,21?/m1/s1. The number of hydrogen-bond acceptors (Lipinski definition) is 6. The van der Waals surface area contributed by atoms with E-state index >= 15 is 0 Å². The van der Waals surface area contributed by atoms with Gasteiger partial charge in [-0.25, -0.2) is 0 Å². The van der Waals surface area contributed by atoms with Gasteiger partial charge in [0, 0.05) is 6.92 Å². The van der Waals surface area contributed by atoms with Gasteiger partial charge in [-0.2, -0.15) is 0 Å². The van der Waals surface area contributed by atoms with Crippen molar-refractivity contribution in [3.05, 3.63) is 83.4 Å². The highest BCUT2D eigenvalue weighted by atomic mass is 16.7. The summed E-state index contributed by atoms with van der Waals surface area (Å²) in [6, 6.07) is 18.9. The van der Waals surface area contributed by atoms with E-state index in [1.54, 1.807) is 0 Å². The molecule has 1 amide bonds. The highest BCUT2D eigenvalue weighted by Crippen LogP contribution is 2.28. The van der Waals surface area contributed by atoms with E-state index in [2.05, 4.69) is 5.32 Å². The maximum atomic E-state index is 11.8. The SMILES string of the molecule is CC(=O)NC1=C(OCc2ccccc2)OC(CO)[C@@H](O)C1OCc1ccccc1. The molecule has 0 bridgehead atoms. The first-order chi connectivity index (χ1) is 14.1. The number of aliphatic hydroxyl groups is 2. The third-order valence-corrected chi connectivity index (χ3v) is 4.43. The average Bonchev–Trinajstić information content (AvgIpc) is 2.74. The van der Waals surface area contributed by atoms with Crippen molar-refractivity contribution in [3.63, 3.8) is 0 Å². The Bertz CT molecular complexity index is 824. The Balaban J connectivity index is 1.84. The summed E-state index contributed by atoms with van der Waals surface area (Å²) in [4.78, 5) is 11.8. The van der Waals surface area contributed by atoms with Crippen LogP contribution in [0.2, 0.25) is 0 Å². The van der Waals surface area contributed by atoms with Gasteiger partial charge in [-0.15, -0.1) is 0 Å². The highest BCUT2D eigenvalue weighted by molar-refractivity contribution is 5.75. The number of ether oxygens (including phenoxy) is 3. The van der Waals surface area contributed by atoms with Crippen LogP contribution in [0.1, 0.15) is 18.1 Å². The summed E-state index contributed by atoms with van der Waals surface area (Å²) in [6.45, 7) is 1.31. The third kappa shape index (κ3) is 5.57. The van der Waals surface area contributed by atoms with Gasteiger partial charge < -0.3 is 29.7 Å². The molecule has 7 heteroatoms. The molecule has 3 N–H and O–H groups in total. The molecule has 0 saturated heterocycles. The molecule has 0 aromatic heterocycles. The van der Waals surface area contributed by atoms with E-state index in [9.17, 15) is 15.0 Å². The Labute approximate surface area is 169 Å². The van der Waals surface area contributed by atoms with Crippen LogP contribution in [0.4, 0.5) is 0 Å². The van der Waals surface area contributed by atoms with Crippen LogP contribution in [0.3, 0.4) is 0 Å². The summed E-state index contributed by atoms with van der Waals surface area (Å²) >= 11 is 0. The molecule has 154 valence electrons. The lowest BCUT2D eigenvalue weighted by Crippen LogP contribution is -2.51. The number of amides is 1. The fourth-order valence-electron chi connectivity index (χ4n) is 2.99. The van der Waals surface area contributed by atoms with Crippen molar-refractivity contribution in [3.8, 4) is 0 Å². The third-order valence-electron chi connectivity index (χ3n) is 4.43. The summed E-state index contributed by atoms with van der Waals surface area (Å²) in [6.07, 6.45) is -3.07. The Morgan fingerprint density at radius 3 is 2.17 bits per heavy atom. The monoisotopic (exact) mass is 399 g/mol. The minimum Gasteiger partial charge on any atom is -0.459 e. The van der Waals surface area contributed by atoms with Crippen LogP contribution in [0.25, 0.3) is 0 Å². The van der Waals surface area contributed by atoms with Crippen LogP contribution in [0, 0.1) is 0 Å². The second-order valence-electron chi connectivity index (χ2n) is 6.70. The molecule has 3 atom stereocenters. The second kappa shape index (κ2) is 10.1. The minimum atomic E-state index is -1.19. The van der Waals surface area contributed by atoms with Crippen molar-refractivity contribution in [1.29, 1.82) is 0 Å². The van der Waals surface area contributed by atoms with Crippen molar-refractivity contribution in [2.24, 2.45) is 0 Å². The summed E-state index contributed by atoms with van der Waals surface area (Å²) in [5, 5.41) is 22.9. The van der Waals surface area contributed by atoms with Gasteiger partial charge >= 0.3 is 5.95 Å². The molecule has 0 aliphatic carbocycles. The maximum absolute atomic E-state index is 11.8. The van der Waals surface area contributed by atoms with Gasteiger partial charge in [-0.05, 0) is 11.1 Å². The number of carbonyl (C=O) groups excluding carboxylic acids is 1. The minimum absolute atomic E-state index is 0.0199. The quantitative estimate of drug-likeness (QED) is 0.627. The Kier molecular flexibility index (Phi) is 7.24. The predicted molar refractivity (Wildman–Crippen MR) is 105 cm³/mol. The zero-order valence-corrected chi connectivity index (χ0v) is 16.2. The van der Waals surface area contributed by atoms with Crippen molar-refractivity contribution in [2.75, 3.05) is 6.61 Å². The van der Waals surface area contributed by atoms with Crippen LogP contribution in [0.15, 0.2) is 72.3 Å². The number of hydrogen-bond donors (Lipinski definition) is 3. The van der Waals surface area contributed by atoms with E-state index in [4.69, 9.17) is 14.2 Å². The maximum Gasteiger partial charge on any atom is 0.303 e. The van der Waals surface area contributed by atoms with Crippen LogP contribution in [-0.2, 0) is 32.2 Å². The second-order valence-corrected chi connectivity index (χ2v) is 6.70. The van der Waals surface area contributed by atoms with Gasteiger partial charge in [-0.3, -0.25) is 4.79 Å². The van der Waals surface area contributed by atoms with Crippen LogP contribution in [0.5, 0.6) is 0 Å². The summed E-state index contributed by atoms with van der Waals surface area (Å²) in [7, 11) is 0. The molecule has 0 spiro atoms. The van der Waals surface area contributed by atoms with Crippen LogP contribution in [-0.4, -0.2) is 41.0 Å². The highest BCUT2D eigenvalue weighted by Gasteiger charge is 2.41. The zero-order valence-electron chi connectivity index (χ0n) is 16.2. The van der Waals surface area contributed by atoms with Crippen molar-refractivity contribution in [1.82, 2.24) is 5.32 Å². The van der Waals surface area contributed by atoms with E-state index < -0.39 is 24.9 Å². The molecule has 3 rings (SSSR count). The van der Waals surface area contributed by atoms with Crippen LogP contribution >= 0.6 is 0 Å². The van der Waals surface area contributed by atoms with Gasteiger partial charge in [0.15, 0.2) is 6.10 Å².